The summed E-state index contributed by atoms with van der Waals surface area (Å²) in [5.74, 6) is 0.986. The molecule has 0 spiro atoms. The molecule has 2 unspecified atom stereocenters. The number of carboxylic acid groups (broad SMARTS) is 1. The zero-order chi connectivity index (χ0) is 28.5. The lowest BCUT2D eigenvalue weighted by molar-refractivity contribution is -0.146. The van der Waals surface area contributed by atoms with Crippen molar-refractivity contribution in [2.24, 2.45) is 0 Å². The van der Waals surface area contributed by atoms with Crippen molar-refractivity contribution < 1.29 is 33.7 Å². The number of carbonyl (C=O) groups is 3. The van der Waals surface area contributed by atoms with Crippen LogP contribution in [0.3, 0.4) is 0 Å². The van der Waals surface area contributed by atoms with Crippen molar-refractivity contribution in [1.82, 2.24) is 10.2 Å². The SMILES string of the molecule is CC.CCOC(=O)C(CCc1ccccc1)NC(C)C(=O)N1CCc2cc(OC)c(OC)cc2C1.O=CO. The average molecular weight is 531 g/mol. The van der Waals surface area contributed by atoms with Crippen LogP contribution in [-0.2, 0) is 38.5 Å². The van der Waals surface area contributed by atoms with Gasteiger partial charge in [0.2, 0.25) is 5.91 Å². The predicted octanol–water partition coefficient (Wildman–Crippen LogP) is 3.86. The van der Waals surface area contributed by atoms with E-state index >= 15 is 0 Å². The number of esters is 1. The summed E-state index contributed by atoms with van der Waals surface area (Å²) < 4.78 is 16.1. The molecular weight excluding hydrogens is 488 g/mol. The maximum absolute atomic E-state index is 13.2. The summed E-state index contributed by atoms with van der Waals surface area (Å²) in [6.07, 6.45) is 2.01. The Morgan fingerprint density at radius 3 is 2.21 bits per heavy atom. The van der Waals surface area contributed by atoms with Crippen molar-refractivity contribution >= 4 is 18.3 Å². The monoisotopic (exact) mass is 530 g/mol. The molecular formula is C29H42N2O7. The van der Waals surface area contributed by atoms with Gasteiger partial charge < -0.3 is 24.2 Å². The second-order valence-electron chi connectivity index (χ2n) is 8.31. The Morgan fingerprint density at radius 1 is 1.08 bits per heavy atom. The smallest absolute Gasteiger partial charge is 0.323 e. The number of methoxy groups -OCH3 is 2. The van der Waals surface area contributed by atoms with Gasteiger partial charge in [-0.3, -0.25) is 19.7 Å². The van der Waals surface area contributed by atoms with Gasteiger partial charge in [0.25, 0.3) is 6.47 Å². The molecule has 1 heterocycles. The van der Waals surface area contributed by atoms with E-state index in [1.807, 2.05) is 61.2 Å². The molecule has 9 heteroatoms. The van der Waals surface area contributed by atoms with Crippen LogP contribution in [0.5, 0.6) is 11.5 Å². The highest BCUT2D eigenvalue weighted by molar-refractivity contribution is 5.83. The van der Waals surface area contributed by atoms with Crippen LogP contribution in [0.4, 0.5) is 0 Å². The van der Waals surface area contributed by atoms with Crippen LogP contribution in [0.1, 0.15) is 50.8 Å². The molecule has 0 radical (unpaired) electrons. The number of hydrogen-bond donors (Lipinski definition) is 2. The van der Waals surface area contributed by atoms with Gasteiger partial charge in [-0.1, -0.05) is 44.2 Å². The van der Waals surface area contributed by atoms with Crippen molar-refractivity contribution in [2.45, 2.75) is 65.6 Å². The summed E-state index contributed by atoms with van der Waals surface area (Å²) in [5, 5.41) is 10.1. The molecule has 1 amide bonds. The molecule has 3 rings (SSSR count). The molecule has 0 aromatic heterocycles. The second kappa shape index (κ2) is 17.8. The molecule has 2 atom stereocenters. The summed E-state index contributed by atoms with van der Waals surface area (Å²) in [5.41, 5.74) is 3.35. The van der Waals surface area contributed by atoms with Gasteiger partial charge in [-0.15, -0.1) is 0 Å². The minimum Gasteiger partial charge on any atom is -0.493 e. The first-order valence-corrected chi connectivity index (χ1v) is 12.9. The number of hydrogen-bond acceptors (Lipinski definition) is 7. The topological polar surface area (TPSA) is 114 Å². The third-order valence-corrected chi connectivity index (χ3v) is 5.99. The summed E-state index contributed by atoms with van der Waals surface area (Å²) in [6.45, 7) is 8.76. The lowest BCUT2D eigenvalue weighted by Crippen LogP contribution is -2.52. The van der Waals surface area contributed by atoms with E-state index in [2.05, 4.69) is 5.32 Å². The molecule has 0 fully saturated rings. The van der Waals surface area contributed by atoms with E-state index in [4.69, 9.17) is 24.1 Å². The first-order chi connectivity index (χ1) is 18.4. The molecule has 0 bridgehead atoms. The molecule has 2 aromatic carbocycles. The Bertz CT molecular complexity index is 998. The Hall–Kier alpha value is -3.59. The fourth-order valence-electron chi connectivity index (χ4n) is 4.19. The van der Waals surface area contributed by atoms with Crippen molar-refractivity contribution in [3.05, 3.63) is 59.2 Å². The maximum Gasteiger partial charge on any atom is 0.323 e. The van der Waals surface area contributed by atoms with E-state index < -0.39 is 12.1 Å². The van der Waals surface area contributed by atoms with E-state index in [1.54, 1.807) is 28.1 Å². The number of nitrogens with zero attached hydrogens (tertiary/aromatic N) is 1. The number of fused-ring (bicyclic) bond motifs is 1. The van der Waals surface area contributed by atoms with Gasteiger partial charge in [-0.05, 0) is 61.9 Å². The summed E-state index contributed by atoms with van der Waals surface area (Å²) in [4.78, 5) is 36.0. The number of aryl methyl sites for hydroxylation is 1. The normalized spacial score (nSPS) is 13.3. The zero-order valence-electron chi connectivity index (χ0n) is 23.4. The maximum atomic E-state index is 13.2. The highest BCUT2D eigenvalue weighted by Crippen LogP contribution is 2.33. The average Bonchev–Trinajstić information content (AvgIpc) is 2.95. The van der Waals surface area contributed by atoms with Crippen LogP contribution in [0.15, 0.2) is 42.5 Å². The minimum absolute atomic E-state index is 0.0376. The molecule has 1 aliphatic rings. The second-order valence-corrected chi connectivity index (χ2v) is 8.31. The van der Waals surface area contributed by atoms with Gasteiger partial charge in [0, 0.05) is 13.1 Å². The standard InChI is InChI=1S/C26H34N2O5.C2H6.CH2O2/c1-5-33-26(30)22(12-11-19-9-7-6-8-10-19)27-18(2)25(29)28-14-13-20-15-23(31-3)24(32-4)16-21(20)17-28;1-2;2-1-3/h6-10,15-16,18,22,27H,5,11-14,17H2,1-4H3;1-2H3;1H,(H,2,3). The summed E-state index contributed by atoms with van der Waals surface area (Å²) in [7, 11) is 3.22. The Balaban J connectivity index is 0.00000135. The molecule has 2 N–H and O–H groups in total. The van der Waals surface area contributed by atoms with Crippen molar-refractivity contribution in [1.29, 1.82) is 0 Å². The van der Waals surface area contributed by atoms with Gasteiger partial charge in [-0.25, -0.2) is 0 Å². The van der Waals surface area contributed by atoms with Crippen LogP contribution in [0, 0.1) is 0 Å². The fraction of sp³-hybridized carbons (Fsp3) is 0.483. The van der Waals surface area contributed by atoms with E-state index in [0.717, 1.165) is 29.5 Å². The van der Waals surface area contributed by atoms with E-state index in [0.29, 0.717) is 37.6 Å². The van der Waals surface area contributed by atoms with Crippen molar-refractivity contribution in [3.63, 3.8) is 0 Å². The molecule has 210 valence electrons. The Kier molecular flexibility index (Phi) is 15.2. The van der Waals surface area contributed by atoms with Gasteiger partial charge in [0.05, 0.1) is 26.9 Å². The molecule has 0 aliphatic carbocycles. The number of amides is 1. The zero-order valence-corrected chi connectivity index (χ0v) is 23.4. The first kappa shape index (κ1) is 32.4. The van der Waals surface area contributed by atoms with Crippen LogP contribution in [-0.4, -0.2) is 67.8 Å². The third-order valence-electron chi connectivity index (χ3n) is 5.99. The first-order valence-electron chi connectivity index (χ1n) is 12.9. The third kappa shape index (κ3) is 9.70. The van der Waals surface area contributed by atoms with E-state index in [9.17, 15) is 9.59 Å². The Labute approximate surface area is 226 Å². The number of benzene rings is 2. The van der Waals surface area contributed by atoms with Crippen LogP contribution in [0.25, 0.3) is 0 Å². The number of nitrogens with one attached hydrogen (secondary N) is 1. The molecule has 9 nitrogen and oxygen atoms in total. The molecule has 0 saturated heterocycles. The number of ether oxygens (including phenoxy) is 3. The van der Waals surface area contributed by atoms with E-state index in [-0.39, 0.29) is 18.3 Å². The van der Waals surface area contributed by atoms with Crippen molar-refractivity contribution in [3.8, 4) is 11.5 Å². The number of carbonyl (C=O) groups excluding carboxylic acids is 2. The largest absolute Gasteiger partial charge is 0.493 e. The van der Waals surface area contributed by atoms with Crippen molar-refractivity contribution in [2.75, 3.05) is 27.4 Å². The lowest BCUT2D eigenvalue weighted by atomic mass is 9.98. The lowest BCUT2D eigenvalue weighted by Gasteiger charge is -2.32. The molecule has 1 aliphatic heterocycles. The van der Waals surface area contributed by atoms with E-state index in [1.165, 1.54) is 0 Å². The highest BCUT2D eigenvalue weighted by Gasteiger charge is 2.29. The van der Waals surface area contributed by atoms with Crippen LogP contribution >= 0.6 is 0 Å². The molecule has 0 saturated carbocycles. The van der Waals surface area contributed by atoms with Gasteiger partial charge in [-0.2, -0.15) is 0 Å². The Morgan fingerprint density at radius 2 is 1.66 bits per heavy atom. The van der Waals surface area contributed by atoms with Crippen LogP contribution < -0.4 is 14.8 Å². The molecule has 2 aromatic rings. The fourth-order valence-corrected chi connectivity index (χ4v) is 4.19. The highest BCUT2D eigenvalue weighted by atomic mass is 16.5. The number of rotatable bonds is 10. The molecule has 38 heavy (non-hydrogen) atoms. The quantitative estimate of drug-likeness (QED) is 0.352. The predicted molar refractivity (Wildman–Crippen MR) is 146 cm³/mol. The van der Waals surface area contributed by atoms with Gasteiger partial charge in [0.1, 0.15) is 6.04 Å². The van der Waals surface area contributed by atoms with Gasteiger partial charge in [0.15, 0.2) is 11.5 Å². The van der Waals surface area contributed by atoms with Gasteiger partial charge >= 0.3 is 5.97 Å². The summed E-state index contributed by atoms with van der Waals surface area (Å²) in [6, 6.07) is 12.8. The minimum atomic E-state index is -0.550. The summed E-state index contributed by atoms with van der Waals surface area (Å²) >= 11 is 0. The van der Waals surface area contributed by atoms with Crippen LogP contribution in [0.2, 0.25) is 0 Å².